The van der Waals surface area contributed by atoms with Gasteiger partial charge in [-0.2, -0.15) is 0 Å². The summed E-state index contributed by atoms with van der Waals surface area (Å²) in [6.07, 6.45) is 4.00. The molecule has 0 radical (unpaired) electrons. The van der Waals surface area contributed by atoms with Crippen LogP contribution in [0, 0.1) is 19.3 Å². The van der Waals surface area contributed by atoms with Crippen LogP contribution in [0.2, 0.25) is 0 Å². The normalized spacial score (nSPS) is 31.2. The minimum Gasteiger partial charge on any atom is -0.355 e. The summed E-state index contributed by atoms with van der Waals surface area (Å²) >= 11 is 0. The first-order valence-corrected chi connectivity index (χ1v) is 10.2. The van der Waals surface area contributed by atoms with Crippen LogP contribution in [-0.4, -0.2) is 54.0 Å². The molecule has 154 valence electrons. The standard InChI is InChI=1S/C20H29F2N5O/c1-12-13(2)24-16(18(28)23-3)26-17(12)27-9-6-15(10-27)25-14-4-7-19(8-5-14)11-20(19,21)22/h14-15,25H,4-11H2,1-3H3,(H,23,28)/t14?,15-,19?/m1/s1. The highest BCUT2D eigenvalue weighted by molar-refractivity contribution is 5.90. The third-order valence-corrected chi connectivity index (χ3v) is 6.91. The Labute approximate surface area is 164 Å². The highest BCUT2D eigenvalue weighted by atomic mass is 19.3. The molecule has 2 heterocycles. The van der Waals surface area contributed by atoms with E-state index in [0.717, 1.165) is 49.4 Å². The van der Waals surface area contributed by atoms with E-state index in [1.165, 1.54) is 0 Å². The van der Waals surface area contributed by atoms with Crippen molar-refractivity contribution in [3.63, 3.8) is 0 Å². The summed E-state index contributed by atoms with van der Waals surface area (Å²) in [5, 5.41) is 6.26. The smallest absolute Gasteiger partial charge is 0.288 e. The van der Waals surface area contributed by atoms with Crippen LogP contribution in [0.5, 0.6) is 0 Å². The van der Waals surface area contributed by atoms with Crippen LogP contribution in [0.1, 0.15) is 60.4 Å². The van der Waals surface area contributed by atoms with E-state index >= 15 is 0 Å². The van der Waals surface area contributed by atoms with Gasteiger partial charge in [0.05, 0.1) is 0 Å². The number of anilines is 1. The first kappa shape index (κ1) is 19.5. The largest absolute Gasteiger partial charge is 0.355 e. The molecule has 1 atom stereocenters. The quantitative estimate of drug-likeness (QED) is 0.823. The monoisotopic (exact) mass is 393 g/mol. The van der Waals surface area contributed by atoms with Crippen molar-refractivity contribution in [1.29, 1.82) is 0 Å². The van der Waals surface area contributed by atoms with Crippen LogP contribution in [0.15, 0.2) is 0 Å². The average molecular weight is 393 g/mol. The number of alkyl halides is 2. The van der Waals surface area contributed by atoms with Crippen LogP contribution in [0.4, 0.5) is 14.6 Å². The Bertz CT molecular complexity index is 776. The second-order valence-corrected chi connectivity index (χ2v) is 8.69. The van der Waals surface area contributed by atoms with Gasteiger partial charge in [-0.3, -0.25) is 4.79 Å². The molecular weight excluding hydrogens is 364 g/mol. The van der Waals surface area contributed by atoms with Crippen LogP contribution in [-0.2, 0) is 0 Å². The topological polar surface area (TPSA) is 70.2 Å². The van der Waals surface area contributed by atoms with Crippen molar-refractivity contribution in [3.05, 3.63) is 17.1 Å². The third-order valence-electron chi connectivity index (χ3n) is 6.91. The van der Waals surface area contributed by atoms with E-state index in [4.69, 9.17) is 0 Å². The van der Waals surface area contributed by atoms with Gasteiger partial charge >= 0.3 is 0 Å². The van der Waals surface area contributed by atoms with Gasteiger partial charge < -0.3 is 15.5 Å². The molecule has 1 spiro atoms. The predicted octanol–water partition coefficient (Wildman–Crippen LogP) is 2.59. The second kappa shape index (κ2) is 6.90. The minimum atomic E-state index is -2.42. The van der Waals surface area contributed by atoms with Crippen molar-refractivity contribution in [1.82, 2.24) is 20.6 Å². The number of hydrogen-bond acceptors (Lipinski definition) is 5. The van der Waals surface area contributed by atoms with Gasteiger partial charge in [0, 0.05) is 55.3 Å². The zero-order chi connectivity index (χ0) is 20.1. The Morgan fingerprint density at radius 1 is 1.14 bits per heavy atom. The second-order valence-electron chi connectivity index (χ2n) is 8.69. The molecular formula is C20H29F2N5O. The molecule has 3 aliphatic rings. The van der Waals surface area contributed by atoms with Gasteiger partial charge in [-0.25, -0.2) is 18.7 Å². The number of aryl methyl sites for hydroxylation is 1. The fourth-order valence-corrected chi connectivity index (χ4v) is 4.82. The number of hydrogen-bond donors (Lipinski definition) is 2. The highest BCUT2D eigenvalue weighted by Gasteiger charge is 2.70. The van der Waals surface area contributed by atoms with Gasteiger partial charge in [0.2, 0.25) is 5.82 Å². The number of amides is 1. The lowest BCUT2D eigenvalue weighted by molar-refractivity contribution is 0.0433. The van der Waals surface area contributed by atoms with Crippen LogP contribution in [0.25, 0.3) is 0 Å². The Hall–Kier alpha value is -1.83. The Morgan fingerprint density at radius 2 is 1.82 bits per heavy atom. The molecule has 4 rings (SSSR count). The van der Waals surface area contributed by atoms with Gasteiger partial charge in [0.15, 0.2) is 0 Å². The lowest BCUT2D eigenvalue weighted by Gasteiger charge is -2.31. The summed E-state index contributed by atoms with van der Waals surface area (Å²) in [6.45, 7) is 5.54. The summed E-state index contributed by atoms with van der Waals surface area (Å²) < 4.78 is 27.1. The van der Waals surface area contributed by atoms with E-state index in [9.17, 15) is 13.6 Å². The molecule has 0 aromatic carbocycles. The van der Waals surface area contributed by atoms with Gasteiger partial charge in [-0.15, -0.1) is 0 Å². The van der Waals surface area contributed by atoms with E-state index in [1.54, 1.807) is 7.05 Å². The molecule has 3 fully saturated rings. The number of nitrogens with zero attached hydrogens (tertiary/aromatic N) is 3. The van der Waals surface area contributed by atoms with E-state index in [0.29, 0.717) is 24.9 Å². The third kappa shape index (κ3) is 3.36. The van der Waals surface area contributed by atoms with Crippen molar-refractivity contribution in [2.75, 3.05) is 25.0 Å². The number of halogens is 2. The fraction of sp³-hybridized carbons (Fsp3) is 0.750. The summed E-state index contributed by atoms with van der Waals surface area (Å²) in [7, 11) is 1.57. The maximum Gasteiger partial charge on any atom is 0.288 e. The van der Waals surface area contributed by atoms with E-state index in [1.807, 2.05) is 13.8 Å². The van der Waals surface area contributed by atoms with E-state index in [-0.39, 0.29) is 18.2 Å². The number of carbonyl (C=O) groups is 1. The SMILES string of the molecule is CNC(=O)c1nc(C)c(C)c(N2CC[C@@H](NC3CCC4(CC3)CC4(F)F)C2)n1. The maximum absolute atomic E-state index is 13.6. The van der Waals surface area contributed by atoms with Crippen molar-refractivity contribution < 1.29 is 13.6 Å². The number of aromatic nitrogens is 2. The van der Waals surface area contributed by atoms with Crippen molar-refractivity contribution >= 4 is 11.7 Å². The van der Waals surface area contributed by atoms with Gasteiger partial charge in [0.1, 0.15) is 5.82 Å². The van der Waals surface area contributed by atoms with Crippen LogP contribution in [0.3, 0.4) is 0 Å². The summed E-state index contributed by atoms with van der Waals surface area (Å²) in [5.74, 6) is -1.70. The molecule has 2 N–H and O–H groups in total. The summed E-state index contributed by atoms with van der Waals surface area (Å²) in [6, 6.07) is 0.638. The Balaban J connectivity index is 1.37. The molecule has 2 aliphatic carbocycles. The lowest BCUT2D eigenvalue weighted by atomic mass is 9.82. The van der Waals surface area contributed by atoms with Gasteiger partial charge in [-0.1, -0.05) is 0 Å². The Kier molecular flexibility index (Phi) is 4.80. The molecule has 2 saturated carbocycles. The molecule has 28 heavy (non-hydrogen) atoms. The molecule has 0 unspecified atom stereocenters. The number of carbonyl (C=O) groups excluding carboxylic acids is 1. The maximum atomic E-state index is 13.6. The molecule has 0 bridgehead atoms. The average Bonchev–Trinajstić information content (AvgIpc) is 2.98. The molecule has 1 amide bonds. The van der Waals surface area contributed by atoms with Gasteiger partial charge in [0.25, 0.3) is 11.8 Å². The Morgan fingerprint density at radius 3 is 2.43 bits per heavy atom. The molecule has 8 heteroatoms. The first-order chi connectivity index (χ1) is 13.2. The molecule has 1 saturated heterocycles. The van der Waals surface area contributed by atoms with Crippen LogP contribution >= 0.6 is 0 Å². The first-order valence-electron chi connectivity index (χ1n) is 10.2. The zero-order valence-corrected chi connectivity index (χ0v) is 16.8. The van der Waals surface area contributed by atoms with Gasteiger partial charge in [-0.05, 0) is 46.0 Å². The fourth-order valence-electron chi connectivity index (χ4n) is 4.82. The highest BCUT2D eigenvalue weighted by Crippen LogP contribution is 2.67. The minimum absolute atomic E-state index is 0.0872. The van der Waals surface area contributed by atoms with Crippen LogP contribution < -0.4 is 15.5 Å². The number of rotatable bonds is 4. The molecule has 1 aliphatic heterocycles. The molecule has 1 aromatic heterocycles. The van der Waals surface area contributed by atoms with Crippen molar-refractivity contribution in [2.24, 2.45) is 5.41 Å². The zero-order valence-electron chi connectivity index (χ0n) is 16.8. The molecule has 6 nitrogen and oxygen atoms in total. The summed E-state index contributed by atoms with van der Waals surface area (Å²) in [5.41, 5.74) is 1.12. The van der Waals surface area contributed by atoms with Crippen molar-refractivity contribution in [2.45, 2.75) is 70.4 Å². The number of nitrogens with one attached hydrogen (secondary N) is 2. The predicted molar refractivity (Wildman–Crippen MR) is 103 cm³/mol. The van der Waals surface area contributed by atoms with Crippen molar-refractivity contribution in [3.8, 4) is 0 Å². The van der Waals surface area contributed by atoms with E-state index < -0.39 is 11.3 Å². The molecule has 1 aromatic rings. The van der Waals surface area contributed by atoms with E-state index in [2.05, 4.69) is 25.5 Å². The lowest BCUT2D eigenvalue weighted by Crippen LogP contribution is -2.43. The summed E-state index contributed by atoms with van der Waals surface area (Å²) in [4.78, 5) is 23.0.